The summed E-state index contributed by atoms with van der Waals surface area (Å²) in [5.41, 5.74) is 3.55. The van der Waals surface area contributed by atoms with E-state index in [0.717, 1.165) is 37.4 Å². The van der Waals surface area contributed by atoms with Crippen molar-refractivity contribution in [2.45, 2.75) is 45.4 Å². The van der Waals surface area contributed by atoms with E-state index in [2.05, 4.69) is 28.5 Å². The molecule has 3 heterocycles. The van der Waals surface area contributed by atoms with Crippen molar-refractivity contribution in [3.63, 3.8) is 0 Å². The van der Waals surface area contributed by atoms with Gasteiger partial charge in [0, 0.05) is 37.1 Å². The van der Waals surface area contributed by atoms with Crippen molar-refractivity contribution in [3.05, 3.63) is 59.7 Å². The van der Waals surface area contributed by atoms with Gasteiger partial charge in [0.1, 0.15) is 5.60 Å². The lowest BCUT2D eigenvalue weighted by Gasteiger charge is -2.37. The number of aliphatic hydroxyl groups is 1. The van der Waals surface area contributed by atoms with Crippen molar-refractivity contribution in [2.24, 2.45) is 0 Å². The number of hydrogen-bond donors (Lipinski definition) is 1. The Hall–Kier alpha value is -1.98. The quantitative estimate of drug-likeness (QED) is 0.858. The fraction of sp³-hybridized carbons (Fsp3) is 0.474. The second-order valence-electron chi connectivity index (χ2n) is 6.75. The molecule has 0 radical (unpaired) electrons. The molecule has 0 atom stereocenters. The van der Waals surface area contributed by atoms with Gasteiger partial charge in [0.05, 0.1) is 18.4 Å². The summed E-state index contributed by atoms with van der Waals surface area (Å²) in [4.78, 5) is 6.81. The number of nitrogens with zero attached hydrogens (tertiary/aromatic N) is 4. The van der Waals surface area contributed by atoms with Crippen molar-refractivity contribution in [2.75, 3.05) is 13.1 Å². The average Bonchev–Trinajstić information content (AvgIpc) is 2.91. The third kappa shape index (κ3) is 3.42. The molecule has 5 heteroatoms. The highest BCUT2D eigenvalue weighted by Gasteiger charge is 2.35. The van der Waals surface area contributed by atoms with E-state index >= 15 is 0 Å². The van der Waals surface area contributed by atoms with Crippen LogP contribution in [0.2, 0.25) is 0 Å². The van der Waals surface area contributed by atoms with Crippen molar-refractivity contribution in [3.8, 4) is 0 Å². The third-order valence-corrected chi connectivity index (χ3v) is 4.97. The predicted octanol–water partition coefficient (Wildman–Crippen LogP) is 2.56. The molecule has 3 rings (SSSR count). The Labute approximate surface area is 143 Å². The van der Waals surface area contributed by atoms with Crippen LogP contribution in [0.25, 0.3) is 0 Å². The van der Waals surface area contributed by atoms with Gasteiger partial charge in [-0.15, -0.1) is 6.58 Å². The maximum Gasteiger partial charge on any atom is 0.109 e. The Balaban J connectivity index is 1.62. The SMILES string of the molecule is C=CCn1ncc(CN2CCC(O)(c3ccc(C)cn3)CC2)c1C. The van der Waals surface area contributed by atoms with Crippen LogP contribution in [-0.2, 0) is 18.7 Å². The standard InChI is InChI=1S/C19H26N4O/c1-4-9-23-16(3)17(13-21-23)14-22-10-7-19(24,8-11-22)18-6-5-15(2)12-20-18/h4-6,12-13,24H,1,7-11,14H2,2-3H3. The molecule has 1 aliphatic heterocycles. The molecule has 5 nitrogen and oxygen atoms in total. The Morgan fingerprint density at radius 3 is 2.62 bits per heavy atom. The number of aryl methyl sites for hydroxylation is 1. The van der Waals surface area contributed by atoms with E-state index in [1.54, 1.807) is 0 Å². The van der Waals surface area contributed by atoms with Crippen LogP contribution < -0.4 is 0 Å². The summed E-state index contributed by atoms with van der Waals surface area (Å²) < 4.78 is 1.97. The first kappa shape index (κ1) is 16.9. The van der Waals surface area contributed by atoms with Gasteiger partial charge in [-0.05, 0) is 38.3 Å². The van der Waals surface area contributed by atoms with Crippen molar-refractivity contribution in [1.82, 2.24) is 19.7 Å². The zero-order chi connectivity index (χ0) is 17.2. The summed E-state index contributed by atoms with van der Waals surface area (Å²) in [6.07, 6.45) is 7.06. The zero-order valence-corrected chi connectivity index (χ0v) is 14.6. The van der Waals surface area contributed by atoms with Crippen molar-refractivity contribution < 1.29 is 5.11 Å². The molecule has 2 aromatic rings. The molecule has 0 bridgehead atoms. The van der Waals surface area contributed by atoms with Crippen molar-refractivity contribution in [1.29, 1.82) is 0 Å². The molecule has 0 amide bonds. The molecule has 24 heavy (non-hydrogen) atoms. The molecule has 1 N–H and O–H groups in total. The van der Waals surface area contributed by atoms with E-state index in [4.69, 9.17) is 0 Å². The van der Waals surface area contributed by atoms with Crippen LogP contribution in [-0.4, -0.2) is 37.9 Å². The predicted molar refractivity (Wildman–Crippen MR) is 94.5 cm³/mol. The van der Waals surface area contributed by atoms with E-state index in [-0.39, 0.29) is 0 Å². The lowest BCUT2D eigenvalue weighted by Crippen LogP contribution is -2.42. The lowest BCUT2D eigenvalue weighted by atomic mass is 9.87. The molecule has 0 spiro atoms. The van der Waals surface area contributed by atoms with E-state index in [9.17, 15) is 5.11 Å². The Morgan fingerprint density at radius 2 is 2.00 bits per heavy atom. The van der Waals surface area contributed by atoms with Crippen LogP contribution in [0.3, 0.4) is 0 Å². The molecule has 0 aliphatic carbocycles. The second-order valence-corrected chi connectivity index (χ2v) is 6.75. The van der Waals surface area contributed by atoms with Gasteiger partial charge in [0.15, 0.2) is 0 Å². The number of likely N-dealkylation sites (tertiary alicyclic amines) is 1. The fourth-order valence-electron chi connectivity index (χ4n) is 3.27. The minimum Gasteiger partial charge on any atom is -0.383 e. The van der Waals surface area contributed by atoms with Gasteiger partial charge in [-0.1, -0.05) is 12.1 Å². The Morgan fingerprint density at radius 1 is 1.25 bits per heavy atom. The van der Waals surface area contributed by atoms with E-state index in [1.807, 2.05) is 42.2 Å². The second kappa shape index (κ2) is 6.87. The van der Waals surface area contributed by atoms with Gasteiger partial charge in [-0.2, -0.15) is 5.10 Å². The topological polar surface area (TPSA) is 54.2 Å². The minimum atomic E-state index is -0.799. The molecule has 1 aliphatic rings. The van der Waals surface area contributed by atoms with Gasteiger partial charge >= 0.3 is 0 Å². The first-order valence-corrected chi connectivity index (χ1v) is 8.52. The molecule has 2 aromatic heterocycles. The highest BCUT2D eigenvalue weighted by atomic mass is 16.3. The summed E-state index contributed by atoms with van der Waals surface area (Å²) in [6, 6.07) is 3.97. The van der Waals surface area contributed by atoms with Gasteiger partial charge in [-0.25, -0.2) is 0 Å². The van der Waals surface area contributed by atoms with Crippen LogP contribution >= 0.6 is 0 Å². The maximum absolute atomic E-state index is 10.9. The van der Waals surface area contributed by atoms with Crippen LogP contribution in [0.15, 0.2) is 37.2 Å². The molecule has 1 fully saturated rings. The smallest absolute Gasteiger partial charge is 0.109 e. The summed E-state index contributed by atoms with van der Waals surface area (Å²) in [5.74, 6) is 0. The number of hydrogen-bond acceptors (Lipinski definition) is 4. The number of pyridine rings is 1. The van der Waals surface area contributed by atoms with E-state index in [0.29, 0.717) is 12.8 Å². The Bertz CT molecular complexity index is 697. The summed E-state index contributed by atoms with van der Waals surface area (Å²) in [6.45, 7) is 11.2. The average molecular weight is 326 g/mol. The molecule has 0 aromatic carbocycles. The number of piperidine rings is 1. The molecule has 0 unspecified atom stereocenters. The fourth-order valence-corrected chi connectivity index (χ4v) is 3.27. The lowest BCUT2D eigenvalue weighted by molar-refractivity contribution is -0.0311. The summed E-state index contributed by atoms with van der Waals surface area (Å²) in [7, 11) is 0. The van der Waals surface area contributed by atoms with Gasteiger partial charge in [-0.3, -0.25) is 14.6 Å². The van der Waals surface area contributed by atoms with Gasteiger partial charge in [0.2, 0.25) is 0 Å². The number of aromatic nitrogens is 3. The maximum atomic E-state index is 10.9. The summed E-state index contributed by atoms with van der Waals surface area (Å²) in [5, 5.41) is 15.3. The molecular formula is C19H26N4O. The largest absolute Gasteiger partial charge is 0.383 e. The molecular weight excluding hydrogens is 300 g/mol. The highest BCUT2D eigenvalue weighted by Crippen LogP contribution is 2.32. The monoisotopic (exact) mass is 326 g/mol. The highest BCUT2D eigenvalue weighted by molar-refractivity contribution is 5.20. The third-order valence-electron chi connectivity index (χ3n) is 4.97. The number of rotatable bonds is 5. The molecule has 0 saturated carbocycles. The normalized spacial score (nSPS) is 17.8. The zero-order valence-electron chi connectivity index (χ0n) is 14.6. The Kier molecular flexibility index (Phi) is 4.83. The number of allylic oxidation sites excluding steroid dienone is 1. The molecule has 1 saturated heterocycles. The first-order valence-electron chi connectivity index (χ1n) is 8.52. The van der Waals surface area contributed by atoms with Gasteiger partial charge in [0.25, 0.3) is 0 Å². The first-order chi connectivity index (χ1) is 11.5. The van der Waals surface area contributed by atoms with Gasteiger partial charge < -0.3 is 5.11 Å². The minimum absolute atomic E-state index is 0.711. The van der Waals surface area contributed by atoms with Crippen LogP contribution in [0, 0.1) is 13.8 Å². The molecule has 128 valence electrons. The van der Waals surface area contributed by atoms with Crippen LogP contribution in [0.5, 0.6) is 0 Å². The van der Waals surface area contributed by atoms with Crippen LogP contribution in [0.4, 0.5) is 0 Å². The van der Waals surface area contributed by atoms with Crippen LogP contribution in [0.1, 0.15) is 35.4 Å². The summed E-state index contributed by atoms with van der Waals surface area (Å²) >= 11 is 0. The van der Waals surface area contributed by atoms with E-state index in [1.165, 1.54) is 11.3 Å². The van der Waals surface area contributed by atoms with Crippen molar-refractivity contribution >= 4 is 0 Å². The van der Waals surface area contributed by atoms with E-state index < -0.39 is 5.60 Å².